The average Bonchev–Trinajstić information content (AvgIpc) is 2.11. The van der Waals surface area contributed by atoms with Gasteiger partial charge in [-0.05, 0) is 26.2 Å². The third-order valence-corrected chi connectivity index (χ3v) is 2.86. The van der Waals surface area contributed by atoms with Crippen LogP contribution in [0.4, 0.5) is 0 Å². The highest BCUT2D eigenvalue weighted by Gasteiger charge is 2.39. The highest BCUT2D eigenvalue weighted by Crippen LogP contribution is 2.37. The van der Waals surface area contributed by atoms with Gasteiger partial charge in [0.25, 0.3) is 0 Å². The molecule has 1 rings (SSSR count). The van der Waals surface area contributed by atoms with Crippen molar-refractivity contribution in [1.82, 2.24) is 5.32 Å². The molecule has 0 aromatic heterocycles. The number of carbonyl (C=O) groups excluding carboxylic acids is 1. The molecule has 14 heavy (non-hydrogen) atoms. The number of hydrogen-bond acceptors (Lipinski definition) is 3. The van der Waals surface area contributed by atoms with Crippen LogP contribution in [0.1, 0.15) is 32.6 Å². The van der Waals surface area contributed by atoms with Crippen molar-refractivity contribution in [1.29, 1.82) is 0 Å². The second kappa shape index (κ2) is 4.75. The first kappa shape index (κ1) is 11.5. The van der Waals surface area contributed by atoms with Crippen molar-refractivity contribution in [2.75, 3.05) is 13.7 Å². The van der Waals surface area contributed by atoms with E-state index in [1.807, 2.05) is 0 Å². The van der Waals surface area contributed by atoms with Crippen LogP contribution in [0, 0.1) is 0 Å². The standard InChI is InChI=1S/C10H19NO3/c1-8(7-12)11-9(13)6-10(14-2)4-3-5-10/h8,12H,3-7H2,1-2H3,(H,11,13)/t8-/m0/s1. The van der Waals surface area contributed by atoms with E-state index in [2.05, 4.69) is 5.32 Å². The topological polar surface area (TPSA) is 58.6 Å². The molecule has 1 atom stereocenters. The molecule has 0 heterocycles. The Kier molecular flexibility index (Phi) is 3.89. The van der Waals surface area contributed by atoms with Crippen LogP contribution < -0.4 is 5.32 Å². The van der Waals surface area contributed by atoms with Crippen LogP contribution in [0.25, 0.3) is 0 Å². The number of rotatable bonds is 5. The predicted octanol–water partition coefficient (Wildman–Crippen LogP) is 0.443. The number of carbonyl (C=O) groups is 1. The molecule has 0 spiro atoms. The van der Waals surface area contributed by atoms with E-state index in [0.717, 1.165) is 19.3 Å². The van der Waals surface area contributed by atoms with E-state index in [1.165, 1.54) is 0 Å². The number of nitrogens with one attached hydrogen (secondary N) is 1. The molecule has 1 aliphatic carbocycles. The Morgan fingerprint density at radius 1 is 1.64 bits per heavy atom. The quantitative estimate of drug-likeness (QED) is 0.678. The number of aliphatic hydroxyl groups excluding tert-OH is 1. The monoisotopic (exact) mass is 201 g/mol. The SMILES string of the molecule is COC1(CC(=O)N[C@@H](C)CO)CCC1. The summed E-state index contributed by atoms with van der Waals surface area (Å²) in [5.74, 6) is -0.0342. The van der Waals surface area contributed by atoms with Crippen molar-refractivity contribution < 1.29 is 14.6 Å². The number of aliphatic hydroxyl groups is 1. The largest absolute Gasteiger partial charge is 0.394 e. The first-order valence-electron chi connectivity index (χ1n) is 5.07. The van der Waals surface area contributed by atoms with Gasteiger partial charge in [-0.25, -0.2) is 0 Å². The highest BCUT2D eigenvalue weighted by molar-refractivity contribution is 5.77. The third kappa shape index (κ3) is 2.69. The van der Waals surface area contributed by atoms with Gasteiger partial charge < -0.3 is 15.2 Å². The highest BCUT2D eigenvalue weighted by atomic mass is 16.5. The van der Waals surface area contributed by atoms with Gasteiger partial charge in [-0.15, -0.1) is 0 Å². The normalized spacial score (nSPS) is 21.1. The van der Waals surface area contributed by atoms with Gasteiger partial charge in [-0.2, -0.15) is 0 Å². The Morgan fingerprint density at radius 2 is 2.29 bits per heavy atom. The molecule has 0 bridgehead atoms. The summed E-state index contributed by atoms with van der Waals surface area (Å²) in [4.78, 5) is 11.5. The van der Waals surface area contributed by atoms with Crippen molar-refractivity contribution in [3.05, 3.63) is 0 Å². The molecular weight excluding hydrogens is 182 g/mol. The van der Waals surface area contributed by atoms with E-state index in [-0.39, 0.29) is 24.2 Å². The van der Waals surface area contributed by atoms with Crippen LogP contribution in [0.15, 0.2) is 0 Å². The zero-order valence-corrected chi connectivity index (χ0v) is 8.88. The summed E-state index contributed by atoms with van der Waals surface area (Å²) >= 11 is 0. The van der Waals surface area contributed by atoms with Crippen molar-refractivity contribution >= 4 is 5.91 Å². The number of amides is 1. The average molecular weight is 201 g/mol. The van der Waals surface area contributed by atoms with Gasteiger partial charge in [0.15, 0.2) is 0 Å². The van der Waals surface area contributed by atoms with Gasteiger partial charge in [0.1, 0.15) is 0 Å². The van der Waals surface area contributed by atoms with Crippen LogP contribution in [0.5, 0.6) is 0 Å². The Labute approximate surface area is 84.6 Å². The molecule has 1 fully saturated rings. The first-order chi connectivity index (χ1) is 6.62. The molecule has 0 saturated heterocycles. The molecule has 82 valence electrons. The van der Waals surface area contributed by atoms with E-state index >= 15 is 0 Å². The lowest BCUT2D eigenvalue weighted by molar-refractivity contribution is -0.135. The van der Waals surface area contributed by atoms with E-state index in [0.29, 0.717) is 6.42 Å². The maximum absolute atomic E-state index is 11.5. The van der Waals surface area contributed by atoms with E-state index in [9.17, 15) is 4.79 Å². The summed E-state index contributed by atoms with van der Waals surface area (Å²) in [6.45, 7) is 1.75. The lowest BCUT2D eigenvalue weighted by Gasteiger charge is -2.40. The molecule has 1 aliphatic rings. The van der Waals surface area contributed by atoms with Crippen molar-refractivity contribution in [3.8, 4) is 0 Å². The smallest absolute Gasteiger partial charge is 0.223 e. The van der Waals surface area contributed by atoms with E-state index in [4.69, 9.17) is 9.84 Å². The second-order valence-corrected chi connectivity index (χ2v) is 4.07. The zero-order valence-electron chi connectivity index (χ0n) is 8.88. The Bertz CT molecular complexity index is 196. The molecule has 0 aliphatic heterocycles. The Balaban J connectivity index is 2.32. The number of hydrogen-bond donors (Lipinski definition) is 2. The fraction of sp³-hybridized carbons (Fsp3) is 0.900. The lowest BCUT2D eigenvalue weighted by Crippen LogP contribution is -2.46. The molecular formula is C10H19NO3. The van der Waals surface area contributed by atoms with Gasteiger partial charge in [0.05, 0.1) is 18.6 Å². The van der Waals surface area contributed by atoms with Gasteiger partial charge in [-0.3, -0.25) is 4.79 Å². The fourth-order valence-electron chi connectivity index (χ4n) is 1.69. The summed E-state index contributed by atoms with van der Waals surface area (Å²) in [5.41, 5.74) is -0.223. The molecule has 0 unspecified atom stereocenters. The predicted molar refractivity (Wildman–Crippen MR) is 52.9 cm³/mol. The number of ether oxygens (including phenoxy) is 1. The van der Waals surface area contributed by atoms with Gasteiger partial charge in [0.2, 0.25) is 5.91 Å². The molecule has 1 saturated carbocycles. The Morgan fingerprint density at radius 3 is 2.64 bits per heavy atom. The third-order valence-electron chi connectivity index (χ3n) is 2.86. The van der Waals surface area contributed by atoms with Crippen LogP contribution in [-0.2, 0) is 9.53 Å². The molecule has 4 nitrogen and oxygen atoms in total. The lowest BCUT2D eigenvalue weighted by atomic mass is 9.77. The maximum atomic E-state index is 11.5. The van der Waals surface area contributed by atoms with Gasteiger partial charge in [0, 0.05) is 13.2 Å². The summed E-state index contributed by atoms with van der Waals surface area (Å²) in [5, 5.41) is 11.5. The molecule has 0 aromatic rings. The summed E-state index contributed by atoms with van der Waals surface area (Å²) in [6.07, 6.45) is 3.47. The maximum Gasteiger partial charge on any atom is 0.223 e. The van der Waals surface area contributed by atoms with Crippen LogP contribution >= 0.6 is 0 Å². The van der Waals surface area contributed by atoms with Crippen molar-refractivity contribution in [2.45, 2.75) is 44.2 Å². The molecule has 2 N–H and O–H groups in total. The zero-order chi connectivity index (χ0) is 10.6. The minimum absolute atomic E-state index is 0.0221. The molecule has 0 aromatic carbocycles. The minimum atomic E-state index is -0.223. The first-order valence-corrected chi connectivity index (χ1v) is 5.07. The summed E-state index contributed by atoms with van der Waals surface area (Å²) < 4.78 is 5.34. The summed E-state index contributed by atoms with van der Waals surface area (Å²) in [7, 11) is 1.65. The van der Waals surface area contributed by atoms with Crippen molar-refractivity contribution in [3.63, 3.8) is 0 Å². The van der Waals surface area contributed by atoms with Gasteiger partial charge >= 0.3 is 0 Å². The molecule has 4 heteroatoms. The van der Waals surface area contributed by atoms with Crippen molar-refractivity contribution in [2.24, 2.45) is 0 Å². The van der Waals surface area contributed by atoms with E-state index in [1.54, 1.807) is 14.0 Å². The van der Waals surface area contributed by atoms with Crippen LogP contribution in [0.3, 0.4) is 0 Å². The molecule has 0 radical (unpaired) electrons. The summed E-state index contributed by atoms with van der Waals surface area (Å²) in [6, 6.07) is -0.170. The minimum Gasteiger partial charge on any atom is -0.394 e. The number of methoxy groups -OCH3 is 1. The molecule has 1 amide bonds. The van der Waals surface area contributed by atoms with Crippen LogP contribution in [0.2, 0.25) is 0 Å². The fourth-order valence-corrected chi connectivity index (χ4v) is 1.69. The van der Waals surface area contributed by atoms with Gasteiger partial charge in [-0.1, -0.05) is 0 Å². The second-order valence-electron chi connectivity index (χ2n) is 4.07. The van der Waals surface area contributed by atoms with Crippen LogP contribution in [-0.4, -0.2) is 36.4 Å². The Hall–Kier alpha value is -0.610. The van der Waals surface area contributed by atoms with E-state index < -0.39 is 0 Å².